The van der Waals surface area contributed by atoms with Crippen molar-refractivity contribution in [1.29, 1.82) is 0 Å². The van der Waals surface area contributed by atoms with Crippen molar-refractivity contribution in [3.63, 3.8) is 0 Å². The summed E-state index contributed by atoms with van der Waals surface area (Å²) in [5.74, 6) is 7.16. The molecule has 5 nitrogen and oxygen atoms in total. The molecule has 0 radical (unpaired) electrons. The van der Waals surface area contributed by atoms with Gasteiger partial charge in [-0.2, -0.15) is 4.98 Å². The summed E-state index contributed by atoms with van der Waals surface area (Å²) in [6.07, 6.45) is 3.98. The molecule has 6 heteroatoms. The molecule has 2 atom stereocenters. The summed E-state index contributed by atoms with van der Waals surface area (Å²) in [5.41, 5.74) is 2.44. The fraction of sp³-hybridized carbons (Fsp3) is 0.636. The van der Waals surface area contributed by atoms with Gasteiger partial charge in [-0.3, -0.25) is 5.43 Å². The number of hydrazine groups is 1. The highest BCUT2D eigenvalue weighted by molar-refractivity contribution is 9.10. The van der Waals surface area contributed by atoms with E-state index in [1.165, 1.54) is 6.42 Å². The summed E-state index contributed by atoms with van der Waals surface area (Å²) in [4.78, 5) is 8.27. The first kappa shape index (κ1) is 14.2. The molecule has 0 aromatic carbocycles. The number of nitrogens with zero attached hydrogens (tertiary/aromatic N) is 2. The van der Waals surface area contributed by atoms with Crippen molar-refractivity contribution in [2.45, 2.75) is 39.7 Å². The molecule has 1 aromatic heterocycles. The Labute approximate surface area is 111 Å². The van der Waals surface area contributed by atoms with Crippen LogP contribution in [0.2, 0.25) is 0 Å². The molecule has 17 heavy (non-hydrogen) atoms. The minimum Gasteiger partial charge on any atom is -0.367 e. The Morgan fingerprint density at radius 1 is 1.47 bits per heavy atom. The van der Waals surface area contributed by atoms with Crippen LogP contribution in [0.4, 0.5) is 11.8 Å². The van der Waals surface area contributed by atoms with Crippen LogP contribution in [0.1, 0.15) is 33.6 Å². The van der Waals surface area contributed by atoms with Gasteiger partial charge in [0.2, 0.25) is 5.95 Å². The lowest BCUT2D eigenvalue weighted by molar-refractivity contribution is 0.483. The smallest absolute Gasteiger partial charge is 0.239 e. The number of hydrogen-bond acceptors (Lipinski definition) is 5. The standard InChI is InChI=1S/C11H20BrN5/c1-4-7(2)5-8(3)15-10-9(12)6-14-11(16-10)17-13/h6-8H,4-5,13H2,1-3H3,(H2,14,15,16,17). The number of anilines is 2. The molecule has 0 spiro atoms. The molecule has 96 valence electrons. The van der Waals surface area contributed by atoms with Crippen LogP contribution in [0.5, 0.6) is 0 Å². The lowest BCUT2D eigenvalue weighted by atomic mass is 10.0. The Kier molecular flexibility index (Phi) is 5.64. The second kappa shape index (κ2) is 6.76. The van der Waals surface area contributed by atoms with Gasteiger partial charge in [-0.15, -0.1) is 0 Å². The fourth-order valence-corrected chi connectivity index (χ4v) is 1.91. The molecule has 2 unspecified atom stereocenters. The molecule has 0 aliphatic heterocycles. The molecule has 4 N–H and O–H groups in total. The normalized spacial score (nSPS) is 14.2. The van der Waals surface area contributed by atoms with Crippen molar-refractivity contribution in [2.24, 2.45) is 11.8 Å². The van der Waals surface area contributed by atoms with Crippen LogP contribution in [-0.2, 0) is 0 Å². The van der Waals surface area contributed by atoms with Crippen LogP contribution in [0, 0.1) is 5.92 Å². The maximum atomic E-state index is 5.28. The van der Waals surface area contributed by atoms with Gasteiger partial charge >= 0.3 is 0 Å². The summed E-state index contributed by atoms with van der Waals surface area (Å²) < 4.78 is 0.840. The van der Waals surface area contributed by atoms with Crippen LogP contribution in [0.3, 0.4) is 0 Å². The molecular formula is C11H20BrN5. The van der Waals surface area contributed by atoms with Crippen LogP contribution in [0.25, 0.3) is 0 Å². The van der Waals surface area contributed by atoms with Crippen molar-refractivity contribution in [3.8, 4) is 0 Å². The number of nitrogen functional groups attached to an aromatic ring is 1. The number of hydrogen-bond donors (Lipinski definition) is 3. The average molecular weight is 302 g/mol. The van der Waals surface area contributed by atoms with Gasteiger partial charge in [-0.05, 0) is 35.2 Å². The van der Waals surface area contributed by atoms with Crippen LogP contribution < -0.4 is 16.6 Å². The third kappa shape index (κ3) is 4.47. The Bertz CT molecular complexity index is 358. The zero-order valence-electron chi connectivity index (χ0n) is 10.5. The molecule has 1 heterocycles. The van der Waals surface area contributed by atoms with Crippen molar-refractivity contribution in [2.75, 3.05) is 10.7 Å². The van der Waals surface area contributed by atoms with E-state index >= 15 is 0 Å². The quantitative estimate of drug-likeness (QED) is 0.556. The Morgan fingerprint density at radius 3 is 2.76 bits per heavy atom. The van der Waals surface area contributed by atoms with Crippen LogP contribution in [-0.4, -0.2) is 16.0 Å². The van der Waals surface area contributed by atoms with Gasteiger partial charge in [-0.1, -0.05) is 20.3 Å². The van der Waals surface area contributed by atoms with E-state index in [1.54, 1.807) is 6.20 Å². The topological polar surface area (TPSA) is 75.9 Å². The van der Waals surface area contributed by atoms with Gasteiger partial charge in [0.25, 0.3) is 0 Å². The first-order chi connectivity index (χ1) is 8.06. The Hall–Kier alpha value is -0.880. The van der Waals surface area contributed by atoms with E-state index in [1.807, 2.05) is 0 Å². The van der Waals surface area contributed by atoms with E-state index in [0.29, 0.717) is 17.9 Å². The Morgan fingerprint density at radius 2 is 2.18 bits per heavy atom. The van der Waals surface area contributed by atoms with Gasteiger partial charge in [0.1, 0.15) is 5.82 Å². The molecule has 0 amide bonds. The summed E-state index contributed by atoms with van der Waals surface area (Å²) in [6.45, 7) is 6.60. The molecule has 1 aromatic rings. The molecular weight excluding hydrogens is 282 g/mol. The number of nitrogens with one attached hydrogen (secondary N) is 2. The monoisotopic (exact) mass is 301 g/mol. The van der Waals surface area contributed by atoms with E-state index in [0.717, 1.165) is 16.7 Å². The molecule has 0 saturated heterocycles. The average Bonchev–Trinajstić information content (AvgIpc) is 2.31. The van der Waals surface area contributed by atoms with Crippen LogP contribution >= 0.6 is 15.9 Å². The molecule has 0 bridgehead atoms. The van der Waals surface area contributed by atoms with E-state index in [-0.39, 0.29) is 0 Å². The highest BCUT2D eigenvalue weighted by Crippen LogP contribution is 2.22. The van der Waals surface area contributed by atoms with Gasteiger partial charge in [0.05, 0.1) is 4.47 Å². The number of rotatable bonds is 6. The van der Waals surface area contributed by atoms with E-state index in [4.69, 9.17) is 5.84 Å². The number of nitrogens with two attached hydrogens (primary N) is 1. The third-order valence-corrected chi connectivity index (χ3v) is 3.29. The lowest BCUT2D eigenvalue weighted by Crippen LogP contribution is -2.20. The molecule has 0 aliphatic rings. The number of aromatic nitrogens is 2. The largest absolute Gasteiger partial charge is 0.367 e. The predicted molar refractivity (Wildman–Crippen MR) is 74.7 cm³/mol. The minimum absolute atomic E-state index is 0.363. The van der Waals surface area contributed by atoms with Crippen molar-refractivity contribution in [3.05, 3.63) is 10.7 Å². The summed E-state index contributed by atoms with van der Waals surface area (Å²) in [6, 6.07) is 0.363. The second-order valence-corrected chi connectivity index (χ2v) is 5.18. The molecule has 1 rings (SSSR count). The Balaban J connectivity index is 2.66. The molecule has 0 saturated carbocycles. The van der Waals surface area contributed by atoms with E-state index in [9.17, 15) is 0 Å². The summed E-state index contributed by atoms with van der Waals surface area (Å²) >= 11 is 3.42. The van der Waals surface area contributed by atoms with E-state index in [2.05, 4.69) is 57.4 Å². The highest BCUT2D eigenvalue weighted by atomic mass is 79.9. The van der Waals surface area contributed by atoms with Gasteiger partial charge in [0, 0.05) is 12.2 Å². The van der Waals surface area contributed by atoms with Crippen LogP contribution in [0.15, 0.2) is 10.7 Å². The number of halogens is 1. The first-order valence-electron chi connectivity index (χ1n) is 5.82. The van der Waals surface area contributed by atoms with Gasteiger partial charge in [0.15, 0.2) is 0 Å². The summed E-state index contributed by atoms with van der Waals surface area (Å²) in [5, 5.41) is 3.36. The van der Waals surface area contributed by atoms with E-state index < -0.39 is 0 Å². The van der Waals surface area contributed by atoms with Gasteiger partial charge < -0.3 is 5.32 Å². The second-order valence-electron chi connectivity index (χ2n) is 4.33. The zero-order chi connectivity index (χ0) is 12.8. The highest BCUT2D eigenvalue weighted by Gasteiger charge is 2.10. The molecule has 0 aliphatic carbocycles. The summed E-state index contributed by atoms with van der Waals surface area (Å²) in [7, 11) is 0. The van der Waals surface area contributed by atoms with Crippen molar-refractivity contribution >= 4 is 27.7 Å². The van der Waals surface area contributed by atoms with Crippen molar-refractivity contribution in [1.82, 2.24) is 9.97 Å². The predicted octanol–water partition coefficient (Wildman–Crippen LogP) is 2.76. The minimum atomic E-state index is 0.363. The first-order valence-corrected chi connectivity index (χ1v) is 6.61. The maximum absolute atomic E-state index is 5.28. The zero-order valence-corrected chi connectivity index (χ0v) is 12.1. The van der Waals surface area contributed by atoms with Crippen molar-refractivity contribution < 1.29 is 0 Å². The fourth-order valence-electron chi connectivity index (χ4n) is 1.60. The maximum Gasteiger partial charge on any atom is 0.239 e. The SMILES string of the molecule is CCC(C)CC(C)Nc1nc(NN)ncc1Br. The van der Waals surface area contributed by atoms with Gasteiger partial charge in [-0.25, -0.2) is 10.8 Å². The molecule has 0 fully saturated rings. The third-order valence-electron chi connectivity index (χ3n) is 2.71. The lowest BCUT2D eigenvalue weighted by Gasteiger charge is -2.18.